The molecule has 2 amide bonds. The summed E-state index contributed by atoms with van der Waals surface area (Å²) in [6.07, 6.45) is -1.92. The molecule has 1 aliphatic heterocycles. The van der Waals surface area contributed by atoms with Gasteiger partial charge in [0.05, 0.1) is 23.9 Å². The summed E-state index contributed by atoms with van der Waals surface area (Å²) in [6.45, 7) is 1.78. The molecule has 0 spiro atoms. The minimum absolute atomic E-state index is 0.0988. The maximum absolute atomic E-state index is 14.5. The fourth-order valence-electron chi connectivity index (χ4n) is 5.98. The van der Waals surface area contributed by atoms with Crippen LogP contribution in [0, 0.1) is 17.8 Å². The van der Waals surface area contributed by atoms with Crippen molar-refractivity contribution in [1.29, 1.82) is 0 Å². The number of aromatic nitrogens is 6. The molecule has 3 aromatic heterocycles. The number of piperidine rings is 1. The second-order valence-corrected chi connectivity index (χ2v) is 11.5. The zero-order valence-corrected chi connectivity index (χ0v) is 24.0. The molecule has 2 fully saturated rings. The van der Waals surface area contributed by atoms with Gasteiger partial charge in [0.25, 0.3) is 11.7 Å². The minimum atomic E-state index is -4.45. The number of nitrogens with one attached hydrogen (secondary N) is 2. The van der Waals surface area contributed by atoms with Gasteiger partial charge in [-0.3, -0.25) is 14.3 Å². The molecule has 1 saturated heterocycles. The summed E-state index contributed by atoms with van der Waals surface area (Å²) in [5.74, 6) is -6.74. The van der Waals surface area contributed by atoms with Gasteiger partial charge < -0.3 is 15.5 Å². The van der Waals surface area contributed by atoms with Gasteiger partial charge in [-0.2, -0.15) is 28.4 Å². The van der Waals surface area contributed by atoms with Crippen LogP contribution in [0.4, 0.5) is 27.8 Å². The molecule has 43 heavy (non-hydrogen) atoms. The molecule has 16 heteroatoms. The normalized spacial score (nSPS) is 23.2. The maximum atomic E-state index is 14.5. The number of imidazole rings is 1. The average molecular weight is 612 g/mol. The van der Waals surface area contributed by atoms with Gasteiger partial charge in [-0.15, -0.1) is 0 Å². The van der Waals surface area contributed by atoms with Gasteiger partial charge >= 0.3 is 6.18 Å². The smallest absolute Gasteiger partial charge is 0.361 e. The van der Waals surface area contributed by atoms with E-state index in [1.54, 1.807) is 25.1 Å². The van der Waals surface area contributed by atoms with Gasteiger partial charge in [0.1, 0.15) is 11.4 Å². The van der Waals surface area contributed by atoms with Crippen molar-refractivity contribution in [2.45, 2.75) is 70.1 Å². The lowest BCUT2D eigenvalue weighted by molar-refractivity contribution is -0.183. The summed E-state index contributed by atoms with van der Waals surface area (Å²) in [6, 6.07) is 0.642. The molecular weight excluding hydrogens is 577 g/mol. The number of hydrogen-bond donors (Lipinski definition) is 2. The standard InChI is InChI=1S/C27H34F5N9O2/c1-4-40-20(7-9-34-40)24(43)36-21(15-6-5-8-26(28,29)12-15)19-14-41-25(35-19)37-22(39(2)3)18(38-41)11-16-10-17(27(30,31)32)13-33-23(16)42/h7,9,14-17,21H,4-6,8,10-13H2,1-3H3,(H,33,42)(H,36,43)/t15-,16-,17-,21+/m1/s1. The Morgan fingerprint density at radius 1 is 1.28 bits per heavy atom. The van der Waals surface area contributed by atoms with E-state index in [1.807, 2.05) is 6.92 Å². The van der Waals surface area contributed by atoms with Crippen molar-refractivity contribution in [1.82, 2.24) is 40.0 Å². The monoisotopic (exact) mass is 611 g/mol. The van der Waals surface area contributed by atoms with E-state index in [2.05, 4.69) is 30.8 Å². The molecule has 0 unspecified atom stereocenters. The second-order valence-electron chi connectivity index (χ2n) is 11.5. The lowest BCUT2D eigenvalue weighted by Gasteiger charge is -2.34. The first-order chi connectivity index (χ1) is 20.3. The van der Waals surface area contributed by atoms with E-state index in [9.17, 15) is 31.5 Å². The lowest BCUT2D eigenvalue weighted by Crippen LogP contribution is -2.47. The Hall–Kier alpha value is -3.85. The maximum Gasteiger partial charge on any atom is 0.393 e. The summed E-state index contributed by atoms with van der Waals surface area (Å²) in [5.41, 5.74) is 0.823. The molecule has 2 N–H and O–H groups in total. The van der Waals surface area contributed by atoms with Crippen LogP contribution >= 0.6 is 0 Å². The third-order valence-electron chi connectivity index (χ3n) is 8.17. The quantitative estimate of drug-likeness (QED) is 0.374. The molecule has 0 radical (unpaired) electrons. The summed E-state index contributed by atoms with van der Waals surface area (Å²) >= 11 is 0. The van der Waals surface area contributed by atoms with Crippen molar-refractivity contribution in [3.05, 3.63) is 35.5 Å². The third-order valence-corrected chi connectivity index (χ3v) is 8.17. The molecular formula is C27H34F5N9O2. The van der Waals surface area contributed by atoms with Crippen LogP contribution < -0.4 is 15.5 Å². The molecule has 5 rings (SSSR count). The average Bonchev–Trinajstić information content (AvgIpc) is 3.57. The lowest BCUT2D eigenvalue weighted by atomic mass is 9.80. The van der Waals surface area contributed by atoms with Gasteiger partial charge in [-0.05, 0) is 38.2 Å². The van der Waals surface area contributed by atoms with E-state index in [-0.39, 0.29) is 48.5 Å². The van der Waals surface area contributed by atoms with Crippen LogP contribution in [0.2, 0.25) is 0 Å². The van der Waals surface area contributed by atoms with Crippen molar-refractivity contribution in [2.24, 2.45) is 17.8 Å². The number of aryl methyl sites for hydroxylation is 1. The molecule has 3 aromatic rings. The first-order valence-electron chi connectivity index (χ1n) is 14.2. The number of fused-ring (bicyclic) bond motifs is 1. The SMILES string of the molecule is CCn1nccc1C(=O)N[C@H](c1cn2nc(C[C@H]3C[C@@H](C(F)(F)F)CNC3=O)c(N(C)C)nc2n1)[C@@H]1CCCC(F)(F)C1. The van der Waals surface area contributed by atoms with Crippen molar-refractivity contribution in [3.8, 4) is 0 Å². The molecule has 234 valence electrons. The van der Waals surface area contributed by atoms with Crippen LogP contribution in [-0.4, -0.2) is 73.9 Å². The Morgan fingerprint density at radius 2 is 2.05 bits per heavy atom. The van der Waals surface area contributed by atoms with Crippen LogP contribution in [0.25, 0.3) is 5.78 Å². The summed E-state index contributed by atoms with van der Waals surface area (Å²) in [5, 5.41) is 13.9. The number of halogens is 5. The van der Waals surface area contributed by atoms with Crippen molar-refractivity contribution in [3.63, 3.8) is 0 Å². The number of hydrogen-bond acceptors (Lipinski definition) is 7. The predicted octanol–water partition coefficient (Wildman–Crippen LogP) is 3.56. The molecule has 4 atom stereocenters. The molecule has 0 bridgehead atoms. The fourth-order valence-corrected chi connectivity index (χ4v) is 5.98. The summed E-state index contributed by atoms with van der Waals surface area (Å²) in [7, 11) is 3.36. The highest BCUT2D eigenvalue weighted by Crippen LogP contribution is 2.42. The fraction of sp³-hybridized carbons (Fsp3) is 0.630. The molecule has 4 heterocycles. The Morgan fingerprint density at radius 3 is 2.72 bits per heavy atom. The van der Waals surface area contributed by atoms with Crippen LogP contribution in [0.3, 0.4) is 0 Å². The second kappa shape index (κ2) is 11.7. The molecule has 11 nitrogen and oxygen atoms in total. The number of amides is 2. The van der Waals surface area contributed by atoms with Gasteiger partial charge in [0, 0.05) is 58.6 Å². The molecule has 1 saturated carbocycles. The first-order valence-corrected chi connectivity index (χ1v) is 14.2. The summed E-state index contributed by atoms with van der Waals surface area (Å²) < 4.78 is 72.1. The highest BCUT2D eigenvalue weighted by Gasteiger charge is 2.45. The van der Waals surface area contributed by atoms with Crippen molar-refractivity contribution >= 4 is 23.4 Å². The van der Waals surface area contributed by atoms with Gasteiger partial charge in [0.15, 0.2) is 5.82 Å². The predicted molar refractivity (Wildman–Crippen MR) is 144 cm³/mol. The third kappa shape index (κ3) is 6.56. The van der Waals surface area contributed by atoms with Crippen molar-refractivity contribution in [2.75, 3.05) is 25.5 Å². The Labute approximate surface area is 244 Å². The van der Waals surface area contributed by atoms with E-state index in [4.69, 9.17) is 0 Å². The number of rotatable bonds is 8. The zero-order chi connectivity index (χ0) is 31.1. The molecule has 1 aliphatic carbocycles. The van der Waals surface area contributed by atoms with Crippen LogP contribution in [0.5, 0.6) is 0 Å². The van der Waals surface area contributed by atoms with E-state index in [0.717, 1.165) is 0 Å². The number of carbonyl (C=O) groups excluding carboxylic acids is 2. The molecule has 0 aromatic carbocycles. The highest BCUT2D eigenvalue weighted by molar-refractivity contribution is 5.92. The van der Waals surface area contributed by atoms with E-state index in [0.29, 0.717) is 18.8 Å². The van der Waals surface area contributed by atoms with Crippen molar-refractivity contribution < 1.29 is 31.5 Å². The minimum Gasteiger partial charge on any atom is -0.361 e. The van der Waals surface area contributed by atoms with Crippen LogP contribution in [0.1, 0.15) is 66.9 Å². The Kier molecular flexibility index (Phi) is 8.31. The molecule has 2 aliphatic rings. The van der Waals surface area contributed by atoms with Crippen LogP contribution in [0.15, 0.2) is 18.5 Å². The highest BCUT2D eigenvalue weighted by atomic mass is 19.4. The zero-order valence-electron chi connectivity index (χ0n) is 24.0. The number of anilines is 1. The van der Waals surface area contributed by atoms with E-state index >= 15 is 0 Å². The van der Waals surface area contributed by atoms with E-state index in [1.165, 1.54) is 21.6 Å². The Bertz CT molecular complexity index is 1490. The summed E-state index contributed by atoms with van der Waals surface area (Å²) in [4.78, 5) is 36.5. The first kappa shape index (κ1) is 30.6. The largest absolute Gasteiger partial charge is 0.393 e. The van der Waals surface area contributed by atoms with E-state index < -0.39 is 60.7 Å². The number of nitrogens with zero attached hydrogens (tertiary/aromatic N) is 7. The van der Waals surface area contributed by atoms with Crippen LogP contribution in [-0.2, 0) is 17.8 Å². The number of carbonyl (C=O) groups is 2. The Balaban J connectivity index is 1.49. The van der Waals surface area contributed by atoms with Gasteiger partial charge in [-0.25, -0.2) is 18.3 Å². The number of alkyl halides is 5. The van der Waals surface area contributed by atoms with Gasteiger partial charge in [-0.1, -0.05) is 0 Å². The topological polar surface area (TPSA) is 122 Å². The van der Waals surface area contributed by atoms with Gasteiger partial charge in [0.2, 0.25) is 11.8 Å².